The van der Waals surface area contributed by atoms with Gasteiger partial charge in [0.15, 0.2) is 0 Å². The number of unbranched alkanes of at least 4 members (excludes halogenated alkanes) is 1. The molecule has 1 aliphatic heterocycles. The maximum absolute atomic E-state index is 11.7. The Hall–Kier alpha value is -0.650. The van der Waals surface area contributed by atoms with Gasteiger partial charge in [-0.25, -0.2) is 0 Å². The van der Waals surface area contributed by atoms with E-state index in [4.69, 9.17) is 9.47 Å². The molecular formula is C11H22N2O3. The van der Waals surface area contributed by atoms with Gasteiger partial charge in [0.1, 0.15) is 6.10 Å². The first kappa shape index (κ1) is 13.4. The van der Waals surface area contributed by atoms with Gasteiger partial charge in [-0.3, -0.25) is 4.79 Å². The van der Waals surface area contributed by atoms with E-state index in [1.54, 1.807) is 7.11 Å². The highest BCUT2D eigenvalue weighted by atomic mass is 16.5. The van der Waals surface area contributed by atoms with Gasteiger partial charge in [0.2, 0.25) is 5.91 Å². The molecule has 1 aliphatic rings. The summed E-state index contributed by atoms with van der Waals surface area (Å²) in [6.45, 7) is 3.67. The van der Waals surface area contributed by atoms with Crippen molar-refractivity contribution in [2.24, 2.45) is 0 Å². The van der Waals surface area contributed by atoms with Crippen molar-refractivity contribution >= 4 is 5.91 Å². The molecule has 0 aromatic carbocycles. The van der Waals surface area contributed by atoms with Gasteiger partial charge in [-0.1, -0.05) is 0 Å². The zero-order valence-corrected chi connectivity index (χ0v) is 10.2. The molecule has 1 atom stereocenters. The normalized spacial score (nSPS) is 22.0. The Bertz CT molecular complexity index is 211. The largest absolute Gasteiger partial charge is 0.385 e. The molecule has 0 unspecified atom stereocenters. The number of amides is 1. The van der Waals surface area contributed by atoms with Crippen molar-refractivity contribution in [2.75, 3.05) is 47.0 Å². The topological polar surface area (TPSA) is 50.8 Å². The van der Waals surface area contributed by atoms with E-state index in [0.717, 1.165) is 26.0 Å². The van der Waals surface area contributed by atoms with Crippen molar-refractivity contribution in [3.8, 4) is 0 Å². The molecule has 0 spiro atoms. The van der Waals surface area contributed by atoms with E-state index in [-0.39, 0.29) is 12.0 Å². The molecule has 0 aromatic heterocycles. The number of carbonyl (C=O) groups is 1. The number of methoxy groups -OCH3 is 1. The summed E-state index contributed by atoms with van der Waals surface area (Å²) in [4.78, 5) is 13.8. The average molecular weight is 230 g/mol. The number of likely N-dealkylation sites (N-methyl/N-ethyl adjacent to an activating group) is 1. The molecule has 0 saturated carbocycles. The molecule has 0 radical (unpaired) electrons. The molecule has 0 aromatic rings. The van der Waals surface area contributed by atoms with Gasteiger partial charge in [0, 0.05) is 33.4 Å². The SMILES string of the molecule is COCCCCNC(=O)[C@H]1CN(C)CCO1. The first-order valence-electron chi connectivity index (χ1n) is 5.81. The molecule has 5 heteroatoms. The van der Waals surface area contributed by atoms with Crippen LogP contribution in [0.25, 0.3) is 0 Å². The number of nitrogens with one attached hydrogen (secondary N) is 1. The van der Waals surface area contributed by atoms with Crippen molar-refractivity contribution in [3.63, 3.8) is 0 Å². The smallest absolute Gasteiger partial charge is 0.250 e. The van der Waals surface area contributed by atoms with Gasteiger partial charge in [0.05, 0.1) is 6.61 Å². The maximum atomic E-state index is 11.7. The van der Waals surface area contributed by atoms with Crippen molar-refractivity contribution in [2.45, 2.75) is 18.9 Å². The monoisotopic (exact) mass is 230 g/mol. The first-order chi connectivity index (χ1) is 7.74. The van der Waals surface area contributed by atoms with Crippen LogP contribution in [-0.2, 0) is 14.3 Å². The highest BCUT2D eigenvalue weighted by Gasteiger charge is 2.24. The molecule has 0 aliphatic carbocycles. The summed E-state index contributed by atoms with van der Waals surface area (Å²) in [5.74, 6) is 0.00367. The van der Waals surface area contributed by atoms with E-state index < -0.39 is 0 Å². The van der Waals surface area contributed by atoms with Gasteiger partial charge in [-0.15, -0.1) is 0 Å². The molecule has 94 valence electrons. The predicted octanol–water partition coefficient (Wildman–Crippen LogP) is -0.140. The summed E-state index contributed by atoms with van der Waals surface area (Å²) in [6, 6.07) is 0. The second-order valence-corrected chi connectivity index (χ2v) is 4.11. The van der Waals surface area contributed by atoms with Gasteiger partial charge in [-0.05, 0) is 19.9 Å². The van der Waals surface area contributed by atoms with E-state index in [9.17, 15) is 4.79 Å². The van der Waals surface area contributed by atoms with Crippen molar-refractivity contribution in [1.82, 2.24) is 10.2 Å². The Morgan fingerprint density at radius 3 is 3.06 bits per heavy atom. The van der Waals surface area contributed by atoms with E-state index in [2.05, 4.69) is 10.2 Å². The Balaban J connectivity index is 2.09. The first-order valence-corrected chi connectivity index (χ1v) is 5.81. The number of hydrogen-bond donors (Lipinski definition) is 1. The fraction of sp³-hybridized carbons (Fsp3) is 0.909. The maximum Gasteiger partial charge on any atom is 0.250 e. The van der Waals surface area contributed by atoms with Gasteiger partial charge >= 0.3 is 0 Å². The molecule has 1 amide bonds. The van der Waals surface area contributed by atoms with Crippen LogP contribution >= 0.6 is 0 Å². The van der Waals surface area contributed by atoms with Gasteiger partial charge in [0.25, 0.3) is 0 Å². The van der Waals surface area contributed by atoms with Crippen LogP contribution in [-0.4, -0.2) is 63.9 Å². The number of carbonyl (C=O) groups excluding carboxylic acids is 1. The molecule has 1 heterocycles. The fourth-order valence-electron chi connectivity index (χ4n) is 1.63. The molecule has 1 fully saturated rings. The molecule has 1 N–H and O–H groups in total. The average Bonchev–Trinajstić information content (AvgIpc) is 2.28. The number of ether oxygens (including phenoxy) is 2. The third kappa shape index (κ3) is 4.92. The van der Waals surface area contributed by atoms with Crippen LogP contribution in [0.3, 0.4) is 0 Å². The van der Waals surface area contributed by atoms with Crippen molar-refractivity contribution < 1.29 is 14.3 Å². The lowest BCUT2D eigenvalue weighted by atomic mass is 10.2. The molecule has 0 bridgehead atoms. The Kier molecular flexibility index (Phi) is 6.37. The zero-order chi connectivity index (χ0) is 11.8. The summed E-state index contributed by atoms with van der Waals surface area (Å²) >= 11 is 0. The summed E-state index contributed by atoms with van der Waals surface area (Å²) in [5.41, 5.74) is 0. The molecule has 5 nitrogen and oxygen atoms in total. The van der Waals surface area contributed by atoms with E-state index >= 15 is 0 Å². The fourth-order valence-corrected chi connectivity index (χ4v) is 1.63. The lowest BCUT2D eigenvalue weighted by molar-refractivity contribution is -0.137. The minimum absolute atomic E-state index is 0.00367. The lowest BCUT2D eigenvalue weighted by Crippen LogP contribution is -2.48. The minimum Gasteiger partial charge on any atom is -0.385 e. The molecular weight excluding hydrogens is 208 g/mol. The summed E-state index contributed by atoms with van der Waals surface area (Å²) in [5, 5.41) is 2.89. The summed E-state index contributed by atoms with van der Waals surface area (Å²) < 4.78 is 10.3. The predicted molar refractivity (Wildman–Crippen MR) is 61.4 cm³/mol. The second-order valence-electron chi connectivity index (χ2n) is 4.11. The third-order valence-electron chi connectivity index (χ3n) is 2.64. The summed E-state index contributed by atoms with van der Waals surface area (Å²) in [6.07, 6.45) is 1.62. The van der Waals surface area contributed by atoms with E-state index in [0.29, 0.717) is 19.7 Å². The zero-order valence-electron chi connectivity index (χ0n) is 10.2. The number of rotatable bonds is 6. The molecule has 1 rings (SSSR count). The van der Waals surface area contributed by atoms with Crippen molar-refractivity contribution in [3.05, 3.63) is 0 Å². The Morgan fingerprint density at radius 2 is 2.38 bits per heavy atom. The van der Waals surface area contributed by atoms with E-state index in [1.807, 2.05) is 7.05 Å². The molecule has 16 heavy (non-hydrogen) atoms. The third-order valence-corrected chi connectivity index (χ3v) is 2.64. The summed E-state index contributed by atoms with van der Waals surface area (Å²) in [7, 11) is 3.69. The second kappa shape index (κ2) is 7.60. The number of morpholine rings is 1. The Labute approximate surface area is 97.1 Å². The van der Waals surface area contributed by atoms with Crippen LogP contribution in [0, 0.1) is 0 Å². The van der Waals surface area contributed by atoms with Crippen LogP contribution in [0.4, 0.5) is 0 Å². The lowest BCUT2D eigenvalue weighted by Gasteiger charge is -2.29. The Morgan fingerprint density at radius 1 is 1.56 bits per heavy atom. The van der Waals surface area contributed by atoms with Crippen molar-refractivity contribution in [1.29, 1.82) is 0 Å². The number of hydrogen-bond acceptors (Lipinski definition) is 4. The van der Waals surface area contributed by atoms with Crippen LogP contribution in [0.1, 0.15) is 12.8 Å². The van der Waals surface area contributed by atoms with Crippen LogP contribution < -0.4 is 5.32 Å². The van der Waals surface area contributed by atoms with E-state index in [1.165, 1.54) is 0 Å². The molecule has 1 saturated heterocycles. The standard InChI is InChI=1S/C11H22N2O3/c1-13-6-8-16-10(9-13)11(14)12-5-3-4-7-15-2/h10H,3-9H2,1-2H3,(H,12,14)/t10-/m1/s1. The van der Waals surface area contributed by atoms with Crippen LogP contribution in [0.15, 0.2) is 0 Å². The minimum atomic E-state index is -0.304. The highest BCUT2D eigenvalue weighted by molar-refractivity contribution is 5.81. The van der Waals surface area contributed by atoms with Gasteiger partial charge in [-0.2, -0.15) is 0 Å². The van der Waals surface area contributed by atoms with Crippen LogP contribution in [0.2, 0.25) is 0 Å². The quantitative estimate of drug-likeness (QED) is 0.645. The van der Waals surface area contributed by atoms with Gasteiger partial charge < -0.3 is 19.7 Å². The van der Waals surface area contributed by atoms with Crippen LogP contribution in [0.5, 0.6) is 0 Å². The highest BCUT2D eigenvalue weighted by Crippen LogP contribution is 2.02. The number of nitrogens with zero attached hydrogens (tertiary/aromatic N) is 1.